The molecule has 0 saturated carbocycles. The van der Waals surface area contributed by atoms with Crippen molar-refractivity contribution in [1.29, 1.82) is 0 Å². The van der Waals surface area contributed by atoms with Crippen LogP contribution in [-0.2, 0) is 13.1 Å². The van der Waals surface area contributed by atoms with Crippen LogP contribution in [0, 0.1) is 5.82 Å². The van der Waals surface area contributed by atoms with Gasteiger partial charge in [-0.1, -0.05) is 0 Å². The molecule has 0 fully saturated rings. The van der Waals surface area contributed by atoms with Crippen molar-refractivity contribution in [2.45, 2.75) is 13.1 Å². The van der Waals surface area contributed by atoms with E-state index < -0.39 is 5.82 Å². The average Bonchev–Trinajstić information content (AvgIpc) is 2.89. The van der Waals surface area contributed by atoms with E-state index >= 15 is 0 Å². The van der Waals surface area contributed by atoms with Crippen LogP contribution in [0.15, 0.2) is 29.0 Å². The van der Waals surface area contributed by atoms with Gasteiger partial charge in [0.2, 0.25) is 0 Å². The molecule has 1 aliphatic rings. The third-order valence-corrected chi connectivity index (χ3v) is 4.00. The molecule has 104 valence electrons. The topological polar surface area (TPSA) is 64.2 Å². The molecule has 0 saturated heterocycles. The normalized spacial score (nSPS) is 14.2. The van der Waals surface area contributed by atoms with Gasteiger partial charge in [0.1, 0.15) is 11.6 Å². The predicted octanol–water partition coefficient (Wildman–Crippen LogP) is 2.02. The zero-order chi connectivity index (χ0) is 14.3. The SMILES string of the molecule is Nc1cc(C(=O)N2CCn3ccnc3C2)c(Br)cc1F. The molecular formula is C13H12BrFN4O. The van der Waals surface area contributed by atoms with Gasteiger partial charge in [-0.2, -0.15) is 0 Å². The van der Waals surface area contributed by atoms with Crippen LogP contribution in [-0.4, -0.2) is 26.9 Å². The fourth-order valence-electron chi connectivity index (χ4n) is 2.25. The van der Waals surface area contributed by atoms with Gasteiger partial charge < -0.3 is 15.2 Å². The largest absolute Gasteiger partial charge is 0.396 e. The van der Waals surface area contributed by atoms with E-state index in [4.69, 9.17) is 5.73 Å². The highest BCUT2D eigenvalue weighted by Crippen LogP contribution is 2.25. The molecule has 7 heteroatoms. The number of hydrogen-bond acceptors (Lipinski definition) is 3. The highest BCUT2D eigenvalue weighted by molar-refractivity contribution is 9.10. The lowest BCUT2D eigenvalue weighted by Crippen LogP contribution is -2.38. The van der Waals surface area contributed by atoms with Crippen LogP contribution in [0.3, 0.4) is 0 Å². The number of rotatable bonds is 1. The van der Waals surface area contributed by atoms with Gasteiger partial charge >= 0.3 is 0 Å². The van der Waals surface area contributed by atoms with Crippen molar-refractivity contribution in [3.05, 3.63) is 46.2 Å². The van der Waals surface area contributed by atoms with Gasteiger partial charge in [-0.05, 0) is 28.1 Å². The van der Waals surface area contributed by atoms with Gasteiger partial charge in [-0.3, -0.25) is 4.79 Å². The summed E-state index contributed by atoms with van der Waals surface area (Å²) in [4.78, 5) is 18.4. The third kappa shape index (κ3) is 2.18. The number of nitrogens with two attached hydrogens (primary N) is 1. The molecule has 0 bridgehead atoms. The predicted molar refractivity (Wildman–Crippen MR) is 75.5 cm³/mol. The lowest BCUT2D eigenvalue weighted by atomic mass is 10.1. The van der Waals surface area contributed by atoms with Gasteiger partial charge in [0.15, 0.2) is 0 Å². The minimum Gasteiger partial charge on any atom is -0.396 e. The van der Waals surface area contributed by atoms with Crippen molar-refractivity contribution in [2.24, 2.45) is 0 Å². The molecule has 2 aromatic rings. The number of fused-ring (bicyclic) bond motifs is 1. The van der Waals surface area contributed by atoms with Crippen LogP contribution in [0.1, 0.15) is 16.2 Å². The minimum absolute atomic E-state index is 0.0324. The maximum Gasteiger partial charge on any atom is 0.255 e. The van der Waals surface area contributed by atoms with Crippen molar-refractivity contribution >= 4 is 27.5 Å². The van der Waals surface area contributed by atoms with Crippen LogP contribution in [0.25, 0.3) is 0 Å². The molecule has 0 spiro atoms. The summed E-state index contributed by atoms with van der Waals surface area (Å²) in [7, 11) is 0. The molecule has 0 radical (unpaired) electrons. The number of benzene rings is 1. The van der Waals surface area contributed by atoms with Gasteiger partial charge in [0, 0.05) is 30.0 Å². The first-order valence-corrected chi connectivity index (χ1v) is 6.89. The van der Waals surface area contributed by atoms with Crippen LogP contribution in [0.5, 0.6) is 0 Å². The van der Waals surface area contributed by atoms with E-state index in [1.807, 2.05) is 10.8 Å². The highest BCUT2D eigenvalue weighted by Gasteiger charge is 2.24. The summed E-state index contributed by atoms with van der Waals surface area (Å²) in [5.41, 5.74) is 5.87. The molecule has 20 heavy (non-hydrogen) atoms. The van der Waals surface area contributed by atoms with Gasteiger partial charge in [0.05, 0.1) is 17.8 Å². The standard InChI is InChI=1S/C13H12BrFN4O/c14-9-6-10(15)11(16)5-8(9)13(20)19-4-3-18-2-1-17-12(18)7-19/h1-2,5-6H,3-4,7,16H2. The Balaban J connectivity index is 1.89. The van der Waals surface area contributed by atoms with Crippen molar-refractivity contribution in [1.82, 2.24) is 14.5 Å². The number of nitrogen functional groups attached to an aromatic ring is 1. The zero-order valence-electron chi connectivity index (χ0n) is 10.5. The maximum absolute atomic E-state index is 13.3. The van der Waals surface area contributed by atoms with Gasteiger partial charge in [-0.25, -0.2) is 9.37 Å². The van der Waals surface area contributed by atoms with Crippen LogP contribution < -0.4 is 5.73 Å². The summed E-state index contributed by atoms with van der Waals surface area (Å²) in [5, 5.41) is 0. The van der Waals surface area contributed by atoms with E-state index in [2.05, 4.69) is 20.9 Å². The molecule has 0 aliphatic carbocycles. The zero-order valence-corrected chi connectivity index (χ0v) is 12.1. The molecule has 3 rings (SSSR count). The second-order valence-electron chi connectivity index (χ2n) is 4.62. The number of imidazole rings is 1. The van der Waals surface area contributed by atoms with E-state index in [1.165, 1.54) is 12.1 Å². The molecule has 2 heterocycles. The summed E-state index contributed by atoms with van der Waals surface area (Å²) in [6.45, 7) is 1.73. The fourth-order valence-corrected chi connectivity index (χ4v) is 2.73. The summed E-state index contributed by atoms with van der Waals surface area (Å²) >= 11 is 3.21. The summed E-state index contributed by atoms with van der Waals surface area (Å²) in [6.07, 6.45) is 3.61. The first kappa shape index (κ1) is 13.1. The lowest BCUT2D eigenvalue weighted by Gasteiger charge is -2.28. The molecular weight excluding hydrogens is 327 g/mol. The Labute approximate surface area is 123 Å². The van der Waals surface area contributed by atoms with Gasteiger partial charge in [-0.15, -0.1) is 0 Å². The quantitative estimate of drug-likeness (QED) is 0.809. The number of halogens is 2. The lowest BCUT2D eigenvalue weighted by molar-refractivity contribution is 0.0706. The highest BCUT2D eigenvalue weighted by atomic mass is 79.9. The number of hydrogen-bond donors (Lipinski definition) is 1. The Morgan fingerprint density at radius 2 is 2.20 bits per heavy atom. The Bertz CT molecular complexity index is 685. The molecule has 1 amide bonds. The number of anilines is 1. The third-order valence-electron chi connectivity index (χ3n) is 3.35. The van der Waals surface area contributed by atoms with Crippen LogP contribution in [0.4, 0.5) is 10.1 Å². The summed E-state index contributed by atoms with van der Waals surface area (Å²) in [6, 6.07) is 2.58. The Morgan fingerprint density at radius 1 is 1.40 bits per heavy atom. The monoisotopic (exact) mass is 338 g/mol. The minimum atomic E-state index is -0.539. The van der Waals surface area contributed by atoms with Crippen molar-refractivity contribution in [2.75, 3.05) is 12.3 Å². The molecule has 1 aromatic carbocycles. The first-order chi connectivity index (χ1) is 9.56. The number of nitrogens with zero attached hydrogens (tertiary/aromatic N) is 3. The molecule has 1 aromatic heterocycles. The van der Waals surface area contributed by atoms with Gasteiger partial charge in [0.25, 0.3) is 5.91 Å². The van der Waals surface area contributed by atoms with Crippen LogP contribution >= 0.6 is 15.9 Å². The van der Waals surface area contributed by atoms with E-state index in [0.29, 0.717) is 29.7 Å². The molecule has 2 N–H and O–H groups in total. The first-order valence-electron chi connectivity index (χ1n) is 6.10. The molecule has 0 atom stereocenters. The second kappa shape index (κ2) is 4.90. The number of amides is 1. The number of carbonyl (C=O) groups is 1. The fraction of sp³-hybridized carbons (Fsp3) is 0.231. The van der Waals surface area contributed by atoms with Crippen molar-refractivity contribution < 1.29 is 9.18 Å². The van der Waals surface area contributed by atoms with E-state index in [0.717, 1.165) is 5.82 Å². The van der Waals surface area contributed by atoms with Crippen molar-refractivity contribution in [3.63, 3.8) is 0 Å². The van der Waals surface area contributed by atoms with E-state index in [1.54, 1.807) is 11.1 Å². The second-order valence-corrected chi connectivity index (χ2v) is 5.47. The summed E-state index contributed by atoms with van der Waals surface area (Å²) < 4.78 is 15.7. The van der Waals surface area contributed by atoms with Crippen molar-refractivity contribution in [3.8, 4) is 0 Å². The van der Waals surface area contributed by atoms with E-state index in [-0.39, 0.29) is 11.6 Å². The molecule has 5 nitrogen and oxygen atoms in total. The maximum atomic E-state index is 13.3. The Kier molecular flexibility index (Phi) is 3.21. The Hall–Kier alpha value is -1.89. The Morgan fingerprint density at radius 3 is 3.00 bits per heavy atom. The van der Waals surface area contributed by atoms with Crippen LogP contribution in [0.2, 0.25) is 0 Å². The number of aromatic nitrogens is 2. The molecule has 0 unspecified atom stereocenters. The number of carbonyl (C=O) groups excluding carboxylic acids is 1. The molecule has 1 aliphatic heterocycles. The average molecular weight is 339 g/mol. The van der Waals surface area contributed by atoms with E-state index in [9.17, 15) is 9.18 Å². The summed E-state index contributed by atoms with van der Waals surface area (Å²) in [5.74, 6) is 0.122. The smallest absolute Gasteiger partial charge is 0.255 e.